The molecule has 0 aromatic heterocycles. The van der Waals surface area contributed by atoms with Gasteiger partial charge < -0.3 is 4.90 Å². The van der Waals surface area contributed by atoms with Gasteiger partial charge in [0.15, 0.2) is 5.78 Å². The predicted molar refractivity (Wildman–Crippen MR) is 63.2 cm³/mol. The van der Waals surface area contributed by atoms with E-state index < -0.39 is 0 Å². The quantitative estimate of drug-likeness (QED) is 0.776. The van der Waals surface area contributed by atoms with Crippen molar-refractivity contribution in [2.24, 2.45) is 5.92 Å². The van der Waals surface area contributed by atoms with Crippen LogP contribution in [0.5, 0.6) is 0 Å². The van der Waals surface area contributed by atoms with Crippen LogP contribution in [0.15, 0.2) is 30.3 Å². The lowest BCUT2D eigenvalue weighted by Crippen LogP contribution is -2.33. The van der Waals surface area contributed by atoms with Crippen molar-refractivity contribution < 1.29 is 9.59 Å². The summed E-state index contributed by atoms with van der Waals surface area (Å²) in [5, 5.41) is 0. The second-order valence-electron chi connectivity index (χ2n) is 4.15. The Morgan fingerprint density at radius 3 is 2.25 bits per heavy atom. The molecule has 0 saturated heterocycles. The van der Waals surface area contributed by atoms with Crippen molar-refractivity contribution in [3.05, 3.63) is 35.9 Å². The predicted octanol–water partition coefficient (Wildman–Crippen LogP) is 1.98. The van der Waals surface area contributed by atoms with E-state index in [0.29, 0.717) is 5.56 Å². The van der Waals surface area contributed by atoms with Crippen LogP contribution < -0.4 is 0 Å². The number of ketones is 1. The first-order chi connectivity index (χ1) is 7.52. The molecule has 0 heterocycles. The number of carbonyl (C=O) groups excluding carboxylic acids is 2. The molecule has 1 rings (SSSR count). The van der Waals surface area contributed by atoms with Crippen LogP contribution in [-0.2, 0) is 4.79 Å². The molecule has 0 unspecified atom stereocenters. The number of likely N-dealkylation sites (N-methyl/N-ethyl adjacent to an activating group) is 1. The number of hydrogen-bond acceptors (Lipinski definition) is 2. The third kappa shape index (κ3) is 3.19. The highest BCUT2D eigenvalue weighted by Crippen LogP contribution is 2.04. The Morgan fingerprint density at radius 1 is 1.19 bits per heavy atom. The number of nitrogens with zero attached hydrogens (tertiary/aromatic N) is 1. The fraction of sp³-hybridized carbons (Fsp3) is 0.385. The minimum absolute atomic E-state index is 0.0361. The van der Waals surface area contributed by atoms with Crippen LogP contribution in [0.4, 0.5) is 0 Å². The number of carbonyl (C=O) groups is 2. The zero-order valence-corrected chi connectivity index (χ0v) is 9.93. The average molecular weight is 219 g/mol. The molecule has 0 N–H and O–H groups in total. The van der Waals surface area contributed by atoms with Gasteiger partial charge >= 0.3 is 0 Å². The van der Waals surface area contributed by atoms with Crippen molar-refractivity contribution in [1.29, 1.82) is 0 Å². The molecule has 0 radical (unpaired) electrons. The zero-order valence-electron chi connectivity index (χ0n) is 9.93. The fourth-order valence-electron chi connectivity index (χ4n) is 1.29. The van der Waals surface area contributed by atoms with Gasteiger partial charge in [0.25, 0.3) is 5.91 Å². The molecule has 3 heteroatoms. The van der Waals surface area contributed by atoms with Crippen molar-refractivity contribution in [2.75, 3.05) is 13.6 Å². The molecule has 1 amide bonds. The second kappa shape index (κ2) is 5.45. The number of Topliss-reactive ketones (excluding diaryl/α,β-unsaturated/α-hetero) is 1. The normalized spacial score (nSPS) is 10.2. The molecule has 0 spiro atoms. The first-order valence-corrected chi connectivity index (χ1v) is 5.35. The van der Waals surface area contributed by atoms with Crippen molar-refractivity contribution in [3.63, 3.8) is 0 Å². The molecular weight excluding hydrogens is 202 g/mol. The lowest BCUT2D eigenvalue weighted by molar-refractivity contribution is -0.122. The Bertz CT molecular complexity index is 371. The second-order valence-corrected chi connectivity index (χ2v) is 4.15. The van der Waals surface area contributed by atoms with E-state index in [1.807, 2.05) is 32.0 Å². The lowest BCUT2D eigenvalue weighted by atomic mass is 10.1. The monoisotopic (exact) mass is 219 g/mol. The summed E-state index contributed by atoms with van der Waals surface area (Å²) < 4.78 is 0. The first kappa shape index (κ1) is 12.4. The van der Waals surface area contributed by atoms with Gasteiger partial charge in [0.1, 0.15) is 0 Å². The minimum atomic E-state index is -0.116. The highest BCUT2D eigenvalue weighted by molar-refractivity contribution is 5.96. The average Bonchev–Trinajstić information content (AvgIpc) is 2.28. The maximum Gasteiger partial charge on any atom is 0.253 e. The Morgan fingerprint density at radius 2 is 1.75 bits per heavy atom. The Hall–Kier alpha value is -1.64. The zero-order chi connectivity index (χ0) is 12.1. The van der Waals surface area contributed by atoms with Gasteiger partial charge in [0.2, 0.25) is 0 Å². The summed E-state index contributed by atoms with van der Waals surface area (Å²) in [6, 6.07) is 8.98. The van der Waals surface area contributed by atoms with E-state index in [9.17, 15) is 9.59 Å². The van der Waals surface area contributed by atoms with Crippen molar-refractivity contribution in [1.82, 2.24) is 4.90 Å². The van der Waals surface area contributed by atoms with Gasteiger partial charge in [-0.25, -0.2) is 0 Å². The third-order valence-corrected chi connectivity index (χ3v) is 2.40. The van der Waals surface area contributed by atoms with Gasteiger partial charge in [-0.1, -0.05) is 32.0 Å². The fourth-order valence-corrected chi connectivity index (χ4v) is 1.29. The largest absolute Gasteiger partial charge is 0.334 e. The molecule has 0 bridgehead atoms. The molecule has 1 aromatic rings. The first-order valence-electron chi connectivity index (χ1n) is 5.35. The van der Waals surface area contributed by atoms with E-state index in [-0.39, 0.29) is 24.2 Å². The third-order valence-electron chi connectivity index (χ3n) is 2.40. The summed E-state index contributed by atoms with van der Waals surface area (Å²) in [5.41, 5.74) is 0.613. The van der Waals surface area contributed by atoms with E-state index >= 15 is 0 Å². The van der Waals surface area contributed by atoms with E-state index in [2.05, 4.69) is 0 Å². The van der Waals surface area contributed by atoms with Gasteiger partial charge in [-0.2, -0.15) is 0 Å². The Labute approximate surface area is 96.1 Å². The van der Waals surface area contributed by atoms with Crippen LogP contribution in [0.3, 0.4) is 0 Å². The standard InChI is InChI=1S/C13H17NO2/c1-10(2)12(15)9-14(3)13(16)11-7-5-4-6-8-11/h4-8,10H,9H2,1-3H3. The van der Waals surface area contributed by atoms with Crippen molar-refractivity contribution in [2.45, 2.75) is 13.8 Å². The summed E-state index contributed by atoms with van der Waals surface area (Å²) in [4.78, 5) is 24.8. The van der Waals surface area contributed by atoms with Crippen molar-refractivity contribution >= 4 is 11.7 Å². The molecule has 0 fully saturated rings. The van der Waals surface area contributed by atoms with Crippen LogP contribution >= 0.6 is 0 Å². The molecule has 16 heavy (non-hydrogen) atoms. The molecule has 0 aliphatic heterocycles. The molecule has 3 nitrogen and oxygen atoms in total. The minimum Gasteiger partial charge on any atom is -0.334 e. The van der Waals surface area contributed by atoms with E-state index in [0.717, 1.165) is 0 Å². The number of hydrogen-bond donors (Lipinski definition) is 0. The van der Waals surface area contributed by atoms with Crippen LogP contribution in [0.25, 0.3) is 0 Å². The van der Waals surface area contributed by atoms with Gasteiger partial charge in [-0.05, 0) is 12.1 Å². The summed E-state index contributed by atoms with van der Waals surface area (Å²) in [5.74, 6) is -0.0765. The Kier molecular flexibility index (Phi) is 4.23. The highest BCUT2D eigenvalue weighted by atomic mass is 16.2. The van der Waals surface area contributed by atoms with Crippen LogP contribution in [0.2, 0.25) is 0 Å². The molecule has 86 valence electrons. The van der Waals surface area contributed by atoms with Gasteiger partial charge in [-0.15, -0.1) is 0 Å². The number of amides is 1. The summed E-state index contributed by atoms with van der Waals surface area (Å²) >= 11 is 0. The number of rotatable bonds is 4. The molecule has 0 aliphatic carbocycles. The van der Waals surface area contributed by atoms with Crippen LogP contribution in [-0.4, -0.2) is 30.2 Å². The number of benzene rings is 1. The molecule has 0 atom stereocenters. The smallest absolute Gasteiger partial charge is 0.253 e. The van der Waals surface area contributed by atoms with E-state index in [1.54, 1.807) is 19.2 Å². The molecule has 1 aromatic carbocycles. The maximum atomic E-state index is 11.9. The van der Waals surface area contributed by atoms with Gasteiger partial charge in [0.05, 0.1) is 6.54 Å². The van der Waals surface area contributed by atoms with E-state index in [1.165, 1.54) is 4.90 Å². The Balaban J connectivity index is 2.65. The van der Waals surface area contributed by atoms with Gasteiger partial charge in [-0.3, -0.25) is 9.59 Å². The molecule has 0 aliphatic rings. The lowest BCUT2D eigenvalue weighted by Gasteiger charge is -2.17. The highest BCUT2D eigenvalue weighted by Gasteiger charge is 2.16. The van der Waals surface area contributed by atoms with Gasteiger partial charge in [0, 0.05) is 18.5 Å². The summed E-state index contributed by atoms with van der Waals surface area (Å²) in [7, 11) is 1.65. The maximum absolute atomic E-state index is 11.9. The summed E-state index contributed by atoms with van der Waals surface area (Å²) in [6.07, 6.45) is 0. The van der Waals surface area contributed by atoms with Crippen LogP contribution in [0, 0.1) is 5.92 Å². The van der Waals surface area contributed by atoms with Crippen molar-refractivity contribution in [3.8, 4) is 0 Å². The SMILES string of the molecule is CC(C)C(=O)CN(C)C(=O)c1ccccc1. The topological polar surface area (TPSA) is 37.4 Å². The molecular formula is C13H17NO2. The van der Waals surface area contributed by atoms with Crippen LogP contribution in [0.1, 0.15) is 24.2 Å². The summed E-state index contributed by atoms with van der Waals surface area (Å²) in [6.45, 7) is 3.84. The molecule has 0 saturated carbocycles. The van der Waals surface area contributed by atoms with E-state index in [4.69, 9.17) is 0 Å².